The van der Waals surface area contributed by atoms with E-state index in [1.807, 2.05) is 39.0 Å². The number of unbranched alkanes of at least 4 members (excludes halogenated alkanes) is 2. The van der Waals surface area contributed by atoms with E-state index in [9.17, 15) is 19.5 Å². The number of carbonyl (C=O) groups excluding carboxylic acids is 3. The number of ether oxygens (including phenoxy) is 1. The largest absolute Gasteiger partial charge is 0.444 e. The third-order valence-corrected chi connectivity index (χ3v) is 5.28. The molecule has 2 unspecified atom stereocenters. The predicted molar refractivity (Wildman–Crippen MR) is 133 cm³/mol. The number of aliphatic hydroxyl groups excluding tert-OH is 1. The Balaban J connectivity index is 3.31. The molecule has 0 radical (unpaired) electrons. The molecule has 0 bridgehead atoms. The molecule has 0 aliphatic carbocycles. The number of aliphatic hydroxyl groups is 1. The van der Waals surface area contributed by atoms with Crippen molar-refractivity contribution in [3.05, 3.63) is 34.9 Å². The zero-order chi connectivity index (χ0) is 25.9. The van der Waals surface area contributed by atoms with Gasteiger partial charge in [-0.25, -0.2) is 4.79 Å². The van der Waals surface area contributed by atoms with Gasteiger partial charge in [0.05, 0.1) is 6.61 Å². The van der Waals surface area contributed by atoms with Gasteiger partial charge in [-0.2, -0.15) is 0 Å². The lowest BCUT2D eigenvalue weighted by atomic mass is 9.96. The van der Waals surface area contributed by atoms with Crippen LogP contribution in [-0.2, 0) is 14.3 Å². The van der Waals surface area contributed by atoms with Crippen LogP contribution in [0.2, 0.25) is 0 Å². The van der Waals surface area contributed by atoms with Crippen LogP contribution in [0.1, 0.15) is 83.0 Å². The number of carbonyl (C=O) groups is 3. The third-order valence-electron chi connectivity index (χ3n) is 5.28. The zero-order valence-electron chi connectivity index (χ0n) is 21.9. The molecule has 34 heavy (non-hydrogen) atoms. The Hall–Kier alpha value is -2.61. The highest BCUT2D eigenvalue weighted by atomic mass is 16.6. The first kappa shape index (κ1) is 29.4. The number of hydrogen-bond donors (Lipinski definition) is 3. The first-order valence-electron chi connectivity index (χ1n) is 12.2. The van der Waals surface area contributed by atoms with E-state index in [0.29, 0.717) is 18.5 Å². The van der Waals surface area contributed by atoms with Crippen LogP contribution in [0.15, 0.2) is 18.2 Å². The summed E-state index contributed by atoms with van der Waals surface area (Å²) in [4.78, 5) is 40.7. The Bertz CT molecular complexity index is 819. The molecule has 8 nitrogen and oxygen atoms in total. The van der Waals surface area contributed by atoms with Gasteiger partial charge >= 0.3 is 6.09 Å². The molecule has 2 atom stereocenters. The average Bonchev–Trinajstić information content (AvgIpc) is 2.74. The Morgan fingerprint density at radius 3 is 2.29 bits per heavy atom. The fourth-order valence-electron chi connectivity index (χ4n) is 3.71. The van der Waals surface area contributed by atoms with Gasteiger partial charge < -0.3 is 25.4 Å². The number of benzene rings is 1. The molecule has 0 heterocycles. The van der Waals surface area contributed by atoms with Gasteiger partial charge in [-0.3, -0.25) is 9.59 Å². The van der Waals surface area contributed by atoms with E-state index in [1.54, 1.807) is 20.8 Å². The number of nitrogens with one attached hydrogen (secondary N) is 2. The standard InChI is InChI=1S/C26H43N3O5/c1-8-10-11-14-27-23(31)22(20-13-12-18(3)16-19(20)4)29(15-9-2)24(32)21(17-30)28-25(33)34-26(5,6)7/h12-13,16,21-22,30H,8-11,14-15,17H2,1-7H3,(H,27,31)(H,28,33). The van der Waals surface area contributed by atoms with Gasteiger partial charge in [-0.05, 0) is 58.6 Å². The Kier molecular flexibility index (Phi) is 12.1. The number of aryl methyl sites for hydroxylation is 2. The zero-order valence-corrected chi connectivity index (χ0v) is 21.9. The van der Waals surface area contributed by atoms with Gasteiger partial charge in [0, 0.05) is 13.1 Å². The fraction of sp³-hybridized carbons (Fsp3) is 0.654. The van der Waals surface area contributed by atoms with E-state index in [1.165, 1.54) is 4.90 Å². The maximum absolute atomic E-state index is 13.6. The van der Waals surface area contributed by atoms with Crippen molar-refractivity contribution in [3.8, 4) is 0 Å². The van der Waals surface area contributed by atoms with Crippen molar-refractivity contribution in [2.75, 3.05) is 19.7 Å². The van der Waals surface area contributed by atoms with Crippen LogP contribution in [0.3, 0.4) is 0 Å². The normalized spacial score (nSPS) is 13.1. The summed E-state index contributed by atoms with van der Waals surface area (Å²) >= 11 is 0. The molecule has 1 aromatic rings. The molecule has 0 aromatic heterocycles. The molecular weight excluding hydrogens is 434 g/mol. The lowest BCUT2D eigenvalue weighted by molar-refractivity contribution is -0.143. The number of rotatable bonds is 12. The quantitative estimate of drug-likeness (QED) is 0.397. The van der Waals surface area contributed by atoms with Crippen molar-refractivity contribution in [1.29, 1.82) is 0 Å². The Morgan fingerprint density at radius 2 is 1.76 bits per heavy atom. The van der Waals surface area contributed by atoms with E-state index in [-0.39, 0.29) is 12.5 Å². The van der Waals surface area contributed by atoms with Gasteiger partial charge in [0.2, 0.25) is 11.8 Å². The maximum atomic E-state index is 13.6. The van der Waals surface area contributed by atoms with Gasteiger partial charge in [0.1, 0.15) is 17.7 Å². The van der Waals surface area contributed by atoms with Crippen LogP contribution in [-0.4, -0.2) is 59.3 Å². The van der Waals surface area contributed by atoms with Crippen LogP contribution in [0.5, 0.6) is 0 Å². The molecule has 3 amide bonds. The number of hydrogen-bond acceptors (Lipinski definition) is 5. The smallest absolute Gasteiger partial charge is 0.408 e. The van der Waals surface area contributed by atoms with Crippen molar-refractivity contribution < 1.29 is 24.2 Å². The molecule has 1 rings (SSSR count). The van der Waals surface area contributed by atoms with Crippen molar-refractivity contribution in [2.24, 2.45) is 0 Å². The van der Waals surface area contributed by atoms with Crippen molar-refractivity contribution in [2.45, 2.75) is 91.8 Å². The van der Waals surface area contributed by atoms with Gasteiger partial charge in [0.15, 0.2) is 0 Å². The molecule has 0 saturated carbocycles. The van der Waals surface area contributed by atoms with Gasteiger partial charge in [-0.1, -0.05) is 50.5 Å². The van der Waals surface area contributed by atoms with Gasteiger partial charge in [0.25, 0.3) is 0 Å². The first-order chi connectivity index (χ1) is 15.9. The number of alkyl carbamates (subject to hydrolysis) is 1. The highest BCUT2D eigenvalue weighted by molar-refractivity contribution is 5.92. The number of amides is 3. The van der Waals surface area contributed by atoms with E-state index < -0.39 is 36.3 Å². The minimum absolute atomic E-state index is 0.279. The average molecular weight is 478 g/mol. The summed E-state index contributed by atoms with van der Waals surface area (Å²) in [7, 11) is 0. The molecule has 192 valence electrons. The number of nitrogens with zero attached hydrogens (tertiary/aromatic N) is 1. The van der Waals surface area contributed by atoms with Crippen molar-refractivity contribution >= 4 is 17.9 Å². The summed E-state index contributed by atoms with van der Waals surface area (Å²) < 4.78 is 5.25. The monoisotopic (exact) mass is 477 g/mol. The minimum atomic E-state index is -1.23. The second kappa shape index (κ2) is 13.9. The molecule has 0 aliphatic heterocycles. The molecule has 3 N–H and O–H groups in total. The van der Waals surface area contributed by atoms with Crippen LogP contribution >= 0.6 is 0 Å². The summed E-state index contributed by atoms with van der Waals surface area (Å²) in [6, 6.07) is 3.64. The highest BCUT2D eigenvalue weighted by Crippen LogP contribution is 2.26. The molecule has 1 aromatic carbocycles. The summed E-state index contributed by atoms with van der Waals surface area (Å²) in [5.74, 6) is -0.817. The lowest BCUT2D eigenvalue weighted by Crippen LogP contribution is -2.54. The minimum Gasteiger partial charge on any atom is -0.444 e. The Labute approximate surface area is 204 Å². The van der Waals surface area contributed by atoms with Crippen molar-refractivity contribution in [3.63, 3.8) is 0 Å². The van der Waals surface area contributed by atoms with Crippen LogP contribution in [0.4, 0.5) is 4.79 Å². The second-order valence-corrected chi connectivity index (χ2v) is 9.67. The van der Waals surface area contributed by atoms with E-state index >= 15 is 0 Å². The van der Waals surface area contributed by atoms with Crippen LogP contribution in [0, 0.1) is 13.8 Å². The van der Waals surface area contributed by atoms with E-state index in [4.69, 9.17) is 4.74 Å². The van der Waals surface area contributed by atoms with E-state index in [2.05, 4.69) is 17.6 Å². The molecule has 8 heteroatoms. The summed E-state index contributed by atoms with van der Waals surface area (Å²) in [5, 5.41) is 15.4. The maximum Gasteiger partial charge on any atom is 0.408 e. The third kappa shape index (κ3) is 9.33. The molecule has 0 fully saturated rings. The Morgan fingerprint density at radius 1 is 1.09 bits per heavy atom. The van der Waals surface area contributed by atoms with Crippen molar-refractivity contribution in [1.82, 2.24) is 15.5 Å². The summed E-state index contributed by atoms with van der Waals surface area (Å²) in [5.41, 5.74) is 1.91. The molecule has 0 saturated heterocycles. The lowest BCUT2D eigenvalue weighted by Gasteiger charge is -2.34. The first-order valence-corrected chi connectivity index (χ1v) is 12.2. The summed E-state index contributed by atoms with van der Waals surface area (Å²) in [6.45, 7) is 13.2. The SMILES string of the molecule is CCCCCNC(=O)C(c1ccc(C)cc1C)N(CCC)C(=O)C(CO)NC(=O)OC(C)(C)C. The van der Waals surface area contributed by atoms with Crippen LogP contribution < -0.4 is 10.6 Å². The highest BCUT2D eigenvalue weighted by Gasteiger charge is 2.36. The second-order valence-electron chi connectivity index (χ2n) is 9.67. The van der Waals surface area contributed by atoms with Crippen LogP contribution in [0.25, 0.3) is 0 Å². The van der Waals surface area contributed by atoms with E-state index in [0.717, 1.165) is 30.4 Å². The summed E-state index contributed by atoms with van der Waals surface area (Å²) in [6.07, 6.45) is 2.68. The topological polar surface area (TPSA) is 108 Å². The van der Waals surface area contributed by atoms with Gasteiger partial charge in [-0.15, -0.1) is 0 Å². The molecule has 0 spiro atoms. The molecular formula is C26H43N3O5. The fourth-order valence-corrected chi connectivity index (χ4v) is 3.71. The molecule has 0 aliphatic rings. The predicted octanol–water partition coefficient (Wildman–Crippen LogP) is 3.78.